The molecule has 0 heterocycles. The van der Waals surface area contributed by atoms with Gasteiger partial charge in [0.2, 0.25) is 10.0 Å². The minimum Gasteiger partial charge on any atom is -0.497 e. The van der Waals surface area contributed by atoms with Crippen LogP contribution in [0.3, 0.4) is 0 Å². The highest BCUT2D eigenvalue weighted by Gasteiger charge is 2.14. The van der Waals surface area contributed by atoms with Gasteiger partial charge < -0.3 is 14.8 Å². The Labute approximate surface area is 172 Å². The standard InChI is InChI=1S/C21H28N2O5S/c1-16(2)28-14-4-13-22-21(24)18-7-5-17(6-8-18)15-23-29(25,26)20-11-9-19(27-3)10-12-20/h5-12,16,23H,4,13-15H2,1-3H3,(H,22,24). The highest BCUT2D eigenvalue weighted by atomic mass is 32.2. The van der Waals surface area contributed by atoms with Crippen molar-refractivity contribution in [2.45, 2.75) is 37.8 Å². The molecule has 0 fully saturated rings. The first-order chi connectivity index (χ1) is 13.8. The summed E-state index contributed by atoms with van der Waals surface area (Å²) in [6.45, 7) is 5.21. The summed E-state index contributed by atoms with van der Waals surface area (Å²) in [5, 5.41) is 2.84. The van der Waals surface area contributed by atoms with Gasteiger partial charge in [-0.25, -0.2) is 13.1 Å². The molecule has 0 radical (unpaired) electrons. The van der Waals surface area contributed by atoms with Gasteiger partial charge in [-0.15, -0.1) is 0 Å². The molecular formula is C21H28N2O5S. The lowest BCUT2D eigenvalue weighted by molar-refractivity contribution is 0.0757. The third kappa shape index (κ3) is 7.49. The molecule has 0 spiro atoms. The van der Waals surface area contributed by atoms with E-state index in [9.17, 15) is 13.2 Å². The first-order valence-electron chi connectivity index (χ1n) is 9.44. The van der Waals surface area contributed by atoms with Crippen LogP contribution < -0.4 is 14.8 Å². The zero-order valence-electron chi connectivity index (χ0n) is 17.0. The lowest BCUT2D eigenvalue weighted by Gasteiger charge is -2.09. The molecule has 0 aliphatic carbocycles. The summed E-state index contributed by atoms with van der Waals surface area (Å²) in [5.41, 5.74) is 1.28. The summed E-state index contributed by atoms with van der Waals surface area (Å²) in [6.07, 6.45) is 0.926. The molecule has 29 heavy (non-hydrogen) atoms. The maximum Gasteiger partial charge on any atom is 0.251 e. The summed E-state index contributed by atoms with van der Waals surface area (Å²) in [4.78, 5) is 12.3. The van der Waals surface area contributed by atoms with Gasteiger partial charge in [0.15, 0.2) is 0 Å². The fourth-order valence-electron chi connectivity index (χ4n) is 2.49. The van der Waals surface area contributed by atoms with Gasteiger partial charge in [0, 0.05) is 25.3 Å². The molecule has 1 amide bonds. The molecule has 2 aromatic carbocycles. The van der Waals surface area contributed by atoms with Crippen molar-refractivity contribution in [2.75, 3.05) is 20.3 Å². The maximum absolute atomic E-state index is 12.4. The summed E-state index contributed by atoms with van der Waals surface area (Å²) in [7, 11) is -2.11. The number of hydrogen-bond donors (Lipinski definition) is 2. The molecule has 2 N–H and O–H groups in total. The number of carbonyl (C=O) groups excluding carboxylic acids is 1. The number of sulfonamides is 1. The average Bonchev–Trinajstić information content (AvgIpc) is 2.72. The largest absolute Gasteiger partial charge is 0.497 e. The fraction of sp³-hybridized carbons (Fsp3) is 0.381. The Bertz CT molecular complexity index is 878. The van der Waals surface area contributed by atoms with E-state index in [2.05, 4.69) is 10.0 Å². The van der Waals surface area contributed by atoms with Gasteiger partial charge in [0.05, 0.1) is 18.1 Å². The van der Waals surface area contributed by atoms with E-state index >= 15 is 0 Å². The number of carbonyl (C=O) groups is 1. The van der Waals surface area contributed by atoms with E-state index in [1.807, 2.05) is 13.8 Å². The van der Waals surface area contributed by atoms with Crippen LogP contribution >= 0.6 is 0 Å². The molecule has 0 atom stereocenters. The van der Waals surface area contributed by atoms with Crippen LogP contribution in [0, 0.1) is 0 Å². The van der Waals surface area contributed by atoms with Crippen molar-refractivity contribution in [1.29, 1.82) is 0 Å². The summed E-state index contributed by atoms with van der Waals surface area (Å²) >= 11 is 0. The van der Waals surface area contributed by atoms with Crippen molar-refractivity contribution in [3.63, 3.8) is 0 Å². The zero-order valence-corrected chi connectivity index (χ0v) is 17.8. The maximum atomic E-state index is 12.4. The smallest absolute Gasteiger partial charge is 0.251 e. The Morgan fingerprint density at radius 1 is 1.03 bits per heavy atom. The Morgan fingerprint density at radius 2 is 1.69 bits per heavy atom. The average molecular weight is 421 g/mol. The van der Waals surface area contributed by atoms with Crippen molar-refractivity contribution in [3.05, 3.63) is 59.7 Å². The van der Waals surface area contributed by atoms with Crippen LogP contribution in [-0.4, -0.2) is 40.7 Å². The van der Waals surface area contributed by atoms with Gasteiger partial charge in [-0.1, -0.05) is 12.1 Å². The topological polar surface area (TPSA) is 93.7 Å². The highest BCUT2D eigenvalue weighted by Crippen LogP contribution is 2.15. The number of nitrogens with one attached hydrogen (secondary N) is 2. The summed E-state index contributed by atoms with van der Waals surface area (Å²) < 4.78 is 37.7. The summed E-state index contributed by atoms with van der Waals surface area (Å²) in [6, 6.07) is 13.0. The van der Waals surface area contributed by atoms with E-state index in [1.165, 1.54) is 19.2 Å². The second-order valence-corrected chi connectivity index (χ2v) is 8.49. The van der Waals surface area contributed by atoms with Gasteiger partial charge in [-0.05, 0) is 62.2 Å². The van der Waals surface area contributed by atoms with Crippen LogP contribution in [0.25, 0.3) is 0 Å². The second-order valence-electron chi connectivity index (χ2n) is 6.73. The number of benzene rings is 2. The van der Waals surface area contributed by atoms with E-state index in [4.69, 9.17) is 9.47 Å². The van der Waals surface area contributed by atoms with Crippen molar-refractivity contribution < 1.29 is 22.7 Å². The Morgan fingerprint density at radius 3 is 2.28 bits per heavy atom. The Balaban J connectivity index is 1.84. The third-order valence-electron chi connectivity index (χ3n) is 4.11. The molecule has 0 aliphatic heterocycles. The lowest BCUT2D eigenvalue weighted by atomic mass is 10.1. The van der Waals surface area contributed by atoms with Gasteiger partial charge in [0.1, 0.15) is 5.75 Å². The lowest BCUT2D eigenvalue weighted by Crippen LogP contribution is -2.26. The number of ether oxygens (including phenoxy) is 2. The molecule has 2 rings (SSSR count). The Kier molecular flexibility index (Phi) is 8.63. The van der Waals surface area contributed by atoms with E-state index in [1.54, 1.807) is 36.4 Å². The predicted molar refractivity (Wildman–Crippen MR) is 111 cm³/mol. The number of methoxy groups -OCH3 is 1. The number of hydrogen-bond acceptors (Lipinski definition) is 5. The van der Waals surface area contributed by atoms with E-state index < -0.39 is 10.0 Å². The molecule has 0 aromatic heterocycles. The van der Waals surface area contributed by atoms with E-state index in [0.29, 0.717) is 24.5 Å². The van der Waals surface area contributed by atoms with Crippen molar-refractivity contribution in [2.24, 2.45) is 0 Å². The van der Waals surface area contributed by atoms with Gasteiger partial charge in [-0.2, -0.15) is 0 Å². The Hall–Kier alpha value is -2.42. The normalized spacial score (nSPS) is 11.4. The van der Waals surface area contributed by atoms with Crippen molar-refractivity contribution >= 4 is 15.9 Å². The van der Waals surface area contributed by atoms with Gasteiger partial charge in [-0.3, -0.25) is 4.79 Å². The third-order valence-corrected chi connectivity index (χ3v) is 5.53. The van der Waals surface area contributed by atoms with Crippen molar-refractivity contribution in [1.82, 2.24) is 10.0 Å². The van der Waals surface area contributed by atoms with Crippen LogP contribution in [0.5, 0.6) is 5.75 Å². The molecule has 158 valence electrons. The molecular weight excluding hydrogens is 392 g/mol. The summed E-state index contributed by atoms with van der Waals surface area (Å²) in [5.74, 6) is 0.421. The monoisotopic (exact) mass is 420 g/mol. The first kappa shape index (κ1) is 22.9. The van der Waals surface area contributed by atoms with Crippen LogP contribution in [0.2, 0.25) is 0 Å². The minimum absolute atomic E-state index is 0.128. The predicted octanol–water partition coefficient (Wildman–Crippen LogP) is 2.72. The molecule has 2 aromatic rings. The van der Waals surface area contributed by atoms with Gasteiger partial charge in [0.25, 0.3) is 5.91 Å². The van der Waals surface area contributed by atoms with Crippen molar-refractivity contribution in [3.8, 4) is 5.75 Å². The van der Waals surface area contributed by atoms with Crippen LogP contribution in [0.1, 0.15) is 36.2 Å². The SMILES string of the molecule is COc1ccc(S(=O)(=O)NCc2ccc(C(=O)NCCCOC(C)C)cc2)cc1. The quantitative estimate of drug-likeness (QED) is 0.545. The van der Waals surface area contributed by atoms with E-state index in [0.717, 1.165) is 12.0 Å². The molecule has 0 saturated carbocycles. The molecule has 0 unspecified atom stereocenters. The zero-order chi connectivity index (χ0) is 21.3. The second kappa shape index (κ2) is 10.9. The molecule has 0 bridgehead atoms. The molecule has 7 nitrogen and oxygen atoms in total. The first-order valence-corrected chi connectivity index (χ1v) is 10.9. The molecule has 0 aliphatic rings. The van der Waals surface area contributed by atoms with Gasteiger partial charge >= 0.3 is 0 Å². The molecule has 8 heteroatoms. The van der Waals surface area contributed by atoms with Crippen LogP contribution in [0.15, 0.2) is 53.4 Å². The fourth-order valence-corrected chi connectivity index (χ4v) is 3.50. The van der Waals surface area contributed by atoms with Crippen LogP contribution in [-0.2, 0) is 21.3 Å². The molecule has 0 saturated heterocycles. The highest BCUT2D eigenvalue weighted by molar-refractivity contribution is 7.89. The number of rotatable bonds is 11. The van der Waals surface area contributed by atoms with Crippen LogP contribution in [0.4, 0.5) is 0 Å². The van der Waals surface area contributed by atoms with E-state index in [-0.39, 0.29) is 23.5 Å². The number of amides is 1. The minimum atomic E-state index is -3.63.